The van der Waals surface area contributed by atoms with Gasteiger partial charge in [0.05, 0.1) is 6.04 Å². The van der Waals surface area contributed by atoms with E-state index in [0.717, 1.165) is 16.2 Å². The summed E-state index contributed by atoms with van der Waals surface area (Å²) in [5.74, 6) is 3.35. The van der Waals surface area contributed by atoms with E-state index in [1.807, 2.05) is 84.9 Å². The van der Waals surface area contributed by atoms with Crippen LogP contribution in [0.15, 0.2) is 84.9 Å². The SMILES string of the molecule is C[Si](C)(C)C#CC[C@H](NP(=O)(c1ccccc1)c1ccccc1)c1ccccc1Cl. The molecule has 0 saturated carbocycles. The van der Waals surface area contributed by atoms with Gasteiger partial charge in [-0.05, 0) is 35.9 Å². The van der Waals surface area contributed by atoms with Gasteiger partial charge in [-0.15, -0.1) is 11.5 Å². The van der Waals surface area contributed by atoms with Crippen molar-refractivity contribution >= 4 is 37.6 Å². The summed E-state index contributed by atoms with van der Waals surface area (Å²) >= 11 is 6.54. The summed E-state index contributed by atoms with van der Waals surface area (Å²) in [6.45, 7) is 6.66. The molecule has 1 atom stereocenters. The predicted octanol–water partition coefficient (Wildman–Crippen LogP) is 6.17. The molecule has 0 aliphatic heterocycles. The van der Waals surface area contributed by atoms with Crippen LogP contribution in [0.3, 0.4) is 0 Å². The van der Waals surface area contributed by atoms with Crippen molar-refractivity contribution in [2.45, 2.75) is 32.1 Å². The van der Waals surface area contributed by atoms with Crippen LogP contribution in [0.25, 0.3) is 0 Å². The molecule has 3 rings (SSSR count). The van der Waals surface area contributed by atoms with Crippen molar-refractivity contribution in [3.05, 3.63) is 95.5 Å². The van der Waals surface area contributed by atoms with Crippen LogP contribution in [-0.2, 0) is 4.57 Å². The van der Waals surface area contributed by atoms with Gasteiger partial charge in [-0.3, -0.25) is 9.65 Å². The van der Waals surface area contributed by atoms with Crippen LogP contribution in [0.4, 0.5) is 0 Å². The Kier molecular flexibility index (Phi) is 7.39. The molecule has 0 fully saturated rings. The lowest BCUT2D eigenvalue weighted by Gasteiger charge is -2.27. The quantitative estimate of drug-likeness (QED) is 0.276. The van der Waals surface area contributed by atoms with Gasteiger partial charge in [0.25, 0.3) is 0 Å². The Bertz CT molecular complexity index is 1040. The fraction of sp³-hybridized carbons (Fsp3) is 0.200. The molecule has 0 amide bonds. The molecule has 3 aromatic carbocycles. The lowest BCUT2D eigenvalue weighted by molar-refractivity contribution is 0.563. The highest BCUT2D eigenvalue weighted by atomic mass is 35.5. The first-order valence-electron chi connectivity index (χ1n) is 10.0. The molecule has 0 heterocycles. The summed E-state index contributed by atoms with van der Waals surface area (Å²) in [7, 11) is -4.63. The largest absolute Gasteiger partial charge is 0.297 e. The van der Waals surface area contributed by atoms with Gasteiger partial charge in [-0.1, -0.05) is 85.8 Å². The van der Waals surface area contributed by atoms with Gasteiger partial charge in [0.15, 0.2) is 0 Å². The molecule has 0 saturated heterocycles. The number of nitrogens with one attached hydrogen (secondary N) is 1. The minimum atomic E-state index is -3.11. The normalized spacial score (nSPS) is 12.7. The molecule has 2 nitrogen and oxygen atoms in total. The fourth-order valence-electron chi connectivity index (χ4n) is 3.19. The van der Waals surface area contributed by atoms with Crippen LogP contribution >= 0.6 is 18.9 Å². The molecule has 154 valence electrons. The highest BCUT2D eigenvalue weighted by Crippen LogP contribution is 2.43. The monoisotopic (exact) mass is 451 g/mol. The second-order valence-electron chi connectivity index (χ2n) is 8.24. The molecule has 1 N–H and O–H groups in total. The molecule has 30 heavy (non-hydrogen) atoms. The molecule has 0 unspecified atom stereocenters. The third-order valence-corrected chi connectivity index (χ3v) is 8.62. The standard InChI is InChI=1S/C25H27ClNOPSi/c1-30(2,3)20-12-19-25(23-17-10-11-18-24(23)26)27-29(28,21-13-6-4-7-14-21)22-15-8-5-9-16-22/h4-11,13-18,25H,19H2,1-3H3,(H,27,28)/t25-/m0/s1. The predicted molar refractivity (Wildman–Crippen MR) is 133 cm³/mol. The minimum Gasteiger partial charge on any atom is -0.297 e. The molecule has 5 heteroatoms. The van der Waals surface area contributed by atoms with Gasteiger partial charge in [0.2, 0.25) is 7.29 Å². The molecule has 0 spiro atoms. The van der Waals surface area contributed by atoms with Crippen molar-refractivity contribution in [1.29, 1.82) is 0 Å². The van der Waals surface area contributed by atoms with Crippen LogP contribution in [0.1, 0.15) is 18.0 Å². The lowest BCUT2D eigenvalue weighted by atomic mass is 10.1. The molecule has 0 aliphatic rings. The van der Waals surface area contributed by atoms with Gasteiger partial charge in [0, 0.05) is 22.1 Å². The van der Waals surface area contributed by atoms with Crippen molar-refractivity contribution in [3.63, 3.8) is 0 Å². The number of hydrogen-bond acceptors (Lipinski definition) is 1. The fourth-order valence-corrected chi connectivity index (χ4v) is 6.54. The molecule has 0 bridgehead atoms. The molecular formula is C25H27ClNOPSi. The Balaban J connectivity index is 2.08. The van der Waals surface area contributed by atoms with Gasteiger partial charge in [-0.2, -0.15) is 0 Å². The number of hydrogen-bond donors (Lipinski definition) is 1. The third kappa shape index (κ3) is 5.75. The lowest BCUT2D eigenvalue weighted by Crippen LogP contribution is -2.30. The maximum atomic E-state index is 14.5. The first-order valence-corrected chi connectivity index (χ1v) is 15.6. The van der Waals surface area contributed by atoms with E-state index in [-0.39, 0.29) is 6.04 Å². The molecule has 3 aromatic rings. The van der Waals surface area contributed by atoms with Crippen molar-refractivity contribution in [2.24, 2.45) is 0 Å². The van der Waals surface area contributed by atoms with E-state index < -0.39 is 15.4 Å². The van der Waals surface area contributed by atoms with Crippen LogP contribution in [0.2, 0.25) is 24.7 Å². The van der Waals surface area contributed by atoms with E-state index in [1.165, 1.54) is 0 Å². The van der Waals surface area contributed by atoms with Crippen LogP contribution in [-0.4, -0.2) is 8.07 Å². The Morgan fingerprint density at radius 3 is 1.87 bits per heavy atom. The Hall–Kier alpha value is -2.08. The van der Waals surface area contributed by atoms with E-state index in [9.17, 15) is 4.57 Å². The smallest absolute Gasteiger partial charge is 0.205 e. The maximum absolute atomic E-state index is 14.5. The van der Waals surface area contributed by atoms with Gasteiger partial charge in [0.1, 0.15) is 8.07 Å². The Morgan fingerprint density at radius 2 is 1.37 bits per heavy atom. The zero-order valence-corrected chi connectivity index (χ0v) is 20.3. The van der Waals surface area contributed by atoms with Gasteiger partial charge < -0.3 is 0 Å². The first-order chi connectivity index (χ1) is 14.3. The summed E-state index contributed by atoms with van der Waals surface area (Å²) in [4.78, 5) is 0. The van der Waals surface area contributed by atoms with E-state index >= 15 is 0 Å². The highest BCUT2D eigenvalue weighted by Gasteiger charge is 2.31. The average molecular weight is 452 g/mol. The van der Waals surface area contributed by atoms with E-state index in [0.29, 0.717) is 11.4 Å². The third-order valence-electron chi connectivity index (χ3n) is 4.63. The summed E-state index contributed by atoms with van der Waals surface area (Å²) in [5.41, 5.74) is 4.34. The topological polar surface area (TPSA) is 29.1 Å². The first kappa shape index (κ1) is 22.6. The molecule has 0 aromatic heterocycles. The molecular weight excluding hydrogens is 425 g/mol. The van der Waals surface area contributed by atoms with Crippen molar-refractivity contribution in [3.8, 4) is 11.5 Å². The van der Waals surface area contributed by atoms with Gasteiger partial charge in [-0.25, -0.2) is 0 Å². The zero-order chi connectivity index (χ0) is 21.6. The van der Waals surface area contributed by atoms with Crippen molar-refractivity contribution < 1.29 is 4.57 Å². The van der Waals surface area contributed by atoms with Gasteiger partial charge >= 0.3 is 0 Å². The Morgan fingerprint density at radius 1 is 0.867 bits per heavy atom. The summed E-state index contributed by atoms with van der Waals surface area (Å²) in [5, 5.41) is 5.68. The number of rotatable bonds is 6. The molecule has 0 aliphatic carbocycles. The zero-order valence-electron chi connectivity index (χ0n) is 17.6. The van der Waals surface area contributed by atoms with Crippen LogP contribution < -0.4 is 15.7 Å². The summed E-state index contributed by atoms with van der Waals surface area (Å²) < 4.78 is 14.5. The second kappa shape index (κ2) is 9.82. The van der Waals surface area contributed by atoms with E-state index in [2.05, 4.69) is 36.2 Å². The van der Waals surface area contributed by atoms with E-state index in [4.69, 9.17) is 11.6 Å². The number of benzene rings is 3. The minimum absolute atomic E-state index is 0.256. The maximum Gasteiger partial charge on any atom is 0.205 e. The molecule has 0 radical (unpaired) electrons. The van der Waals surface area contributed by atoms with Crippen molar-refractivity contribution in [2.75, 3.05) is 0 Å². The Labute approximate surface area is 186 Å². The summed E-state index contributed by atoms with van der Waals surface area (Å²) in [6, 6.07) is 26.7. The summed E-state index contributed by atoms with van der Waals surface area (Å²) in [6.07, 6.45) is 0.539. The highest BCUT2D eigenvalue weighted by molar-refractivity contribution is 7.76. The van der Waals surface area contributed by atoms with E-state index in [1.54, 1.807) is 0 Å². The van der Waals surface area contributed by atoms with Crippen molar-refractivity contribution in [1.82, 2.24) is 5.09 Å². The number of halogens is 1. The van der Waals surface area contributed by atoms with Crippen LogP contribution in [0, 0.1) is 11.5 Å². The second-order valence-corrected chi connectivity index (χ2v) is 15.9. The van der Waals surface area contributed by atoms with Crippen LogP contribution in [0.5, 0.6) is 0 Å². The average Bonchev–Trinajstić information content (AvgIpc) is 2.74.